The number of hydrogen-bond acceptors (Lipinski definition) is 5. The Morgan fingerprint density at radius 2 is 1.93 bits per heavy atom. The quantitative estimate of drug-likeness (QED) is 0.298. The lowest BCUT2D eigenvalue weighted by atomic mass is 9.93. The van der Waals surface area contributed by atoms with Crippen LogP contribution < -0.4 is 10.6 Å². The van der Waals surface area contributed by atoms with E-state index in [0.29, 0.717) is 29.0 Å². The van der Waals surface area contributed by atoms with Crippen LogP contribution in [0.1, 0.15) is 21.5 Å². The number of aromatic hydroxyl groups is 1. The molecule has 1 aliphatic rings. The zero-order valence-corrected chi connectivity index (χ0v) is 16.7. The van der Waals surface area contributed by atoms with Gasteiger partial charge in [-0.25, -0.2) is 0 Å². The third-order valence-corrected chi connectivity index (χ3v) is 5.45. The van der Waals surface area contributed by atoms with Crippen molar-refractivity contribution in [2.45, 2.75) is 6.54 Å². The molecule has 0 bridgehead atoms. The average Bonchev–Trinajstić information content (AvgIpc) is 3.21. The van der Waals surface area contributed by atoms with E-state index >= 15 is 0 Å². The number of amides is 2. The third kappa shape index (κ3) is 3.53. The van der Waals surface area contributed by atoms with Crippen LogP contribution in [0.15, 0.2) is 65.4 Å². The van der Waals surface area contributed by atoms with Crippen molar-refractivity contribution in [3.8, 4) is 17.1 Å². The smallest absolute Gasteiger partial charge is 0.260 e. The topological polar surface area (TPSA) is 91.6 Å². The SMILES string of the molecule is O=C1NC(=O)c2ccc(-c3ccco3)cc2/C1=C/NCc1cc(O)ccc1I. The van der Waals surface area contributed by atoms with Crippen molar-refractivity contribution in [1.29, 1.82) is 0 Å². The number of furan rings is 1. The van der Waals surface area contributed by atoms with Crippen LogP contribution in [0.5, 0.6) is 5.75 Å². The van der Waals surface area contributed by atoms with Crippen LogP contribution in [0.2, 0.25) is 0 Å². The first-order valence-corrected chi connectivity index (χ1v) is 9.56. The van der Waals surface area contributed by atoms with Crippen molar-refractivity contribution in [1.82, 2.24) is 10.6 Å². The van der Waals surface area contributed by atoms with Gasteiger partial charge in [0.05, 0.1) is 11.8 Å². The molecule has 3 aromatic rings. The van der Waals surface area contributed by atoms with Crippen molar-refractivity contribution in [2.24, 2.45) is 0 Å². The lowest BCUT2D eigenvalue weighted by molar-refractivity contribution is -0.114. The number of nitrogens with one attached hydrogen (secondary N) is 2. The lowest BCUT2D eigenvalue weighted by Gasteiger charge is -2.19. The van der Waals surface area contributed by atoms with E-state index in [4.69, 9.17) is 4.42 Å². The monoisotopic (exact) mass is 486 g/mol. The lowest BCUT2D eigenvalue weighted by Crippen LogP contribution is -2.37. The molecular formula is C21H15IN2O4. The van der Waals surface area contributed by atoms with Gasteiger partial charge in [-0.1, -0.05) is 6.07 Å². The molecular weight excluding hydrogens is 471 g/mol. The number of hydrogen-bond donors (Lipinski definition) is 3. The van der Waals surface area contributed by atoms with Gasteiger partial charge in [0.2, 0.25) is 0 Å². The maximum absolute atomic E-state index is 12.4. The second-order valence-corrected chi connectivity index (χ2v) is 7.40. The Morgan fingerprint density at radius 1 is 1.07 bits per heavy atom. The number of rotatable bonds is 4. The van der Waals surface area contributed by atoms with Crippen LogP contribution in [0.4, 0.5) is 0 Å². The van der Waals surface area contributed by atoms with Crippen LogP contribution >= 0.6 is 22.6 Å². The highest BCUT2D eigenvalue weighted by Crippen LogP contribution is 2.29. The number of phenolic OH excluding ortho intramolecular Hbond substituents is 1. The van der Waals surface area contributed by atoms with Crippen molar-refractivity contribution >= 4 is 40.0 Å². The Hall–Kier alpha value is -3.07. The predicted octanol–water partition coefficient (Wildman–Crippen LogP) is 3.66. The Balaban J connectivity index is 1.67. The van der Waals surface area contributed by atoms with Crippen LogP contribution in [-0.2, 0) is 11.3 Å². The molecule has 3 N–H and O–H groups in total. The number of carbonyl (C=O) groups excluding carboxylic acids is 2. The zero-order valence-electron chi connectivity index (χ0n) is 14.5. The van der Waals surface area contributed by atoms with E-state index in [1.165, 1.54) is 0 Å². The summed E-state index contributed by atoms with van der Waals surface area (Å²) in [6.07, 6.45) is 3.16. The fourth-order valence-electron chi connectivity index (χ4n) is 3.02. The summed E-state index contributed by atoms with van der Waals surface area (Å²) in [6.45, 7) is 0.421. The first-order valence-electron chi connectivity index (χ1n) is 8.48. The summed E-state index contributed by atoms with van der Waals surface area (Å²) in [6, 6.07) is 13.9. The molecule has 0 atom stereocenters. The number of carbonyl (C=O) groups is 2. The summed E-state index contributed by atoms with van der Waals surface area (Å²) in [5, 5.41) is 15.1. The molecule has 0 fully saturated rings. The van der Waals surface area contributed by atoms with Gasteiger partial charge in [-0.05, 0) is 70.6 Å². The van der Waals surface area contributed by atoms with Gasteiger partial charge in [0.1, 0.15) is 11.5 Å². The fraction of sp³-hybridized carbons (Fsp3) is 0.0476. The molecule has 0 saturated heterocycles. The minimum Gasteiger partial charge on any atom is -0.508 e. The van der Waals surface area contributed by atoms with E-state index < -0.39 is 11.8 Å². The van der Waals surface area contributed by atoms with Gasteiger partial charge in [-0.2, -0.15) is 0 Å². The number of phenols is 1. The van der Waals surface area contributed by atoms with E-state index in [1.54, 1.807) is 48.9 Å². The Morgan fingerprint density at radius 3 is 2.71 bits per heavy atom. The van der Waals surface area contributed by atoms with Gasteiger partial charge in [-0.3, -0.25) is 14.9 Å². The zero-order chi connectivity index (χ0) is 19.7. The predicted molar refractivity (Wildman–Crippen MR) is 112 cm³/mol. The number of imide groups is 1. The average molecular weight is 486 g/mol. The normalized spacial score (nSPS) is 14.7. The van der Waals surface area contributed by atoms with Gasteiger partial charge in [-0.15, -0.1) is 0 Å². The highest BCUT2D eigenvalue weighted by atomic mass is 127. The van der Waals surface area contributed by atoms with Gasteiger partial charge in [0.15, 0.2) is 0 Å². The summed E-state index contributed by atoms with van der Waals surface area (Å²) >= 11 is 2.18. The van der Waals surface area contributed by atoms with Gasteiger partial charge in [0.25, 0.3) is 11.8 Å². The van der Waals surface area contributed by atoms with Gasteiger partial charge >= 0.3 is 0 Å². The fourth-order valence-corrected chi connectivity index (χ4v) is 3.55. The highest BCUT2D eigenvalue weighted by molar-refractivity contribution is 14.1. The van der Waals surface area contributed by atoms with E-state index in [9.17, 15) is 14.7 Å². The minimum atomic E-state index is -0.466. The molecule has 0 saturated carbocycles. The summed E-state index contributed by atoms with van der Waals surface area (Å²) in [7, 11) is 0. The first-order chi connectivity index (χ1) is 13.5. The van der Waals surface area contributed by atoms with Crippen molar-refractivity contribution in [3.63, 3.8) is 0 Å². The Kier molecular flexibility index (Phi) is 4.91. The van der Waals surface area contributed by atoms with Crippen molar-refractivity contribution in [2.75, 3.05) is 0 Å². The largest absolute Gasteiger partial charge is 0.508 e. The second kappa shape index (κ2) is 7.51. The standard InChI is InChI=1S/C21H15IN2O4/c22-18-6-4-14(25)8-13(18)10-23-11-17-16-9-12(19-2-1-7-28-19)3-5-15(16)20(26)24-21(17)27/h1-9,11,23,25H,10H2,(H,24,26,27)/b17-11-. The second-order valence-electron chi connectivity index (χ2n) is 6.24. The molecule has 0 spiro atoms. The van der Waals surface area contributed by atoms with Crippen LogP contribution in [-0.4, -0.2) is 16.9 Å². The van der Waals surface area contributed by atoms with E-state index in [2.05, 4.69) is 33.2 Å². The number of halogens is 1. The molecule has 0 aliphatic carbocycles. The molecule has 1 aromatic heterocycles. The molecule has 2 amide bonds. The van der Waals surface area contributed by atoms with E-state index in [-0.39, 0.29) is 5.75 Å². The molecule has 1 aliphatic heterocycles. The van der Waals surface area contributed by atoms with Crippen molar-refractivity contribution in [3.05, 3.63) is 81.3 Å². The van der Waals surface area contributed by atoms with Crippen LogP contribution in [0, 0.1) is 3.57 Å². The first kappa shape index (κ1) is 18.3. The molecule has 7 heteroatoms. The Bertz CT molecular complexity index is 1100. The summed E-state index contributed by atoms with van der Waals surface area (Å²) in [5.41, 5.74) is 3.00. The molecule has 2 heterocycles. The highest BCUT2D eigenvalue weighted by Gasteiger charge is 2.27. The summed E-state index contributed by atoms with van der Waals surface area (Å²) < 4.78 is 6.41. The molecule has 0 unspecified atom stereocenters. The minimum absolute atomic E-state index is 0.180. The molecule has 28 heavy (non-hydrogen) atoms. The number of benzene rings is 2. The van der Waals surface area contributed by atoms with Crippen molar-refractivity contribution < 1.29 is 19.1 Å². The van der Waals surface area contributed by atoms with E-state index in [1.807, 2.05) is 12.1 Å². The third-order valence-electron chi connectivity index (χ3n) is 4.40. The van der Waals surface area contributed by atoms with E-state index in [0.717, 1.165) is 14.7 Å². The summed E-state index contributed by atoms with van der Waals surface area (Å²) in [4.78, 5) is 24.6. The molecule has 0 radical (unpaired) electrons. The van der Waals surface area contributed by atoms with Crippen LogP contribution in [0.3, 0.4) is 0 Å². The Labute approximate surface area is 174 Å². The molecule has 140 valence electrons. The maximum Gasteiger partial charge on any atom is 0.260 e. The van der Waals surface area contributed by atoms with Gasteiger partial charge in [0, 0.05) is 33.0 Å². The summed E-state index contributed by atoms with van der Waals surface area (Å²) in [5.74, 6) is -0.0555. The molecule has 2 aromatic carbocycles. The maximum atomic E-state index is 12.4. The van der Waals surface area contributed by atoms with Crippen LogP contribution in [0.25, 0.3) is 16.9 Å². The molecule has 6 nitrogen and oxygen atoms in total. The molecule has 4 rings (SSSR count). The number of fused-ring (bicyclic) bond motifs is 1. The van der Waals surface area contributed by atoms with Gasteiger partial charge < -0.3 is 14.8 Å².